The van der Waals surface area contributed by atoms with Crippen LogP contribution in [0, 0.1) is 5.82 Å². The van der Waals surface area contributed by atoms with E-state index in [4.69, 9.17) is 0 Å². The van der Waals surface area contributed by atoms with Crippen LogP contribution in [0.15, 0.2) is 48.8 Å². The van der Waals surface area contributed by atoms with E-state index in [1.807, 2.05) is 0 Å². The minimum Gasteiger partial charge on any atom is -0.476 e. The Bertz CT molecular complexity index is 800. The second-order valence-corrected chi connectivity index (χ2v) is 4.61. The van der Waals surface area contributed by atoms with Crippen LogP contribution in [0.3, 0.4) is 0 Å². The Morgan fingerprint density at radius 1 is 1.14 bits per heavy atom. The van der Waals surface area contributed by atoms with Crippen molar-refractivity contribution < 1.29 is 14.3 Å². The molecule has 0 fully saturated rings. The van der Waals surface area contributed by atoms with Gasteiger partial charge in [-0.15, -0.1) is 5.10 Å². The van der Waals surface area contributed by atoms with Crippen molar-refractivity contribution in [3.05, 3.63) is 65.9 Å². The molecule has 0 atom stereocenters. The smallest absolute Gasteiger partial charge is 0.358 e. The molecule has 0 amide bonds. The summed E-state index contributed by atoms with van der Waals surface area (Å²) in [5, 5.41) is 16.9. The Kier molecular flexibility index (Phi) is 3.61. The van der Waals surface area contributed by atoms with E-state index in [0.29, 0.717) is 11.3 Å². The highest BCUT2D eigenvalue weighted by molar-refractivity contribution is 5.92. The number of aromatic nitrogens is 4. The van der Waals surface area contributed by atoms with Gasteiger partial charge >= 0.3 is 5.97 Å². The minimum absolute atomic E-state index is 0.131. The van der Waals surface area contributed by atoms with E-state index < -0.39 is 5.97 Å². The Hall–Kier alpha value is -3.09. The lowest BCUT2D eigenvalue weighted by Crippen LogP contribution is -2.06. The van der Waals surface area contributed by atoms with E-state index in [2.05, 4.69) is 15.3 Å². The predicted octanol–water partition coefficient (Wildman–Crippen LogP) is 2.23. The third-order valence-corrected chi connectivity index (χ3v) is 3.14. The maximum Gasteiger partial charge on any atom is 0.358 e. The average molecular weight is 298 g/mol. The lowest BCUT2D eigenvalue weighted by molar-refractivity contribution is 0.0691. The van der Waals surface area contributed by atoms with Gasteiger partial charge < -0.3 is 5.11 Å². The monoisotopic (exact) mass is 298 g/mol. The van der Waals surface area contributed by atoms with Crippen LogP contribution in [0.1, 0.15) is 16.1 Å². The first-order valence-electron chi connectivity index (χ1n) is 6.47. The number of benzene rings is 1. The zero-order chi connectivity index (χ0) is 15.5. The van der Waals surface area contributed by atoms with Gasteiger partial charge in [0.2, 0.25) is 0 Å². The molecule has 2 heterocycles. The summed E-state index contributed by atoms with van der Waals surface area (Å²) in [6.45, 7) is 0.290. The standard InChI is InChI=1S/C15H11FN4O2/c16-12-3-1-10(2-4-12)9-20-14(11-5-7-17-8-6-11)13(15(21)22)18-19-20/h1-8H,9H2,(H,21,22). The van der Waals surface area contributed by atoms with Gasteiger partial charge in [-0.25, -0.2) is 13.9 Å². The van der Waals surface area contributed by atoms with Gasteiger partial charge in [-0.3, -0.25) is 4.98 Å². The molecule has 0 radical (unpaired) electrons. The van der Waals surface area contributed by atoms with Gasteiger partial charge in [0.15, 0.2) is 5.69 Å². The molecule has 2 aromatic heterocycles. The fourth-order valence-corrected chi connectivity index (χ4v) is 2.13. The average Bonchev–Trinajstić information content (AvgIpc) is 2.94. The number of nitrogens with zero attached hydrogens (tertiary/aromatic N) is 4. The Balaban J connectivity index is 2.05. The second kappa shape index (κ2) is 5.72. The summed E-state index contributed by atoms with van der Waals surface area (Å²) in [6, 6.07) is 9.30. The van der Waals surface area contributed by atoms with E-state index in [0.717, 1.165) is 5.56 Å². The maximum absolute atomic E-state index is 13.0. The predicted molar refractivity (Wildman–Crippen MR) is 75.7 cm³/mol. The molecule has 0 aliphatic heterocycles. The maximum atomic E-state index is 13.0. The van der Waals surface area contributed by atoms with Crippen LogP contribution in [0.2, 0.25) is 0 Å². The van der Waals surface area contributed by atoms with Gasteiger partial charge in [-0.2, -0.15) is 0 Å². The molecule has 0 unspecified atom stereocenters. The summed E-state index contributed by atoms with van der Waals surface area (Å²) in [4.78, 5) is 15.2. The highest BCUT2D eigenvalue weighted by Crippen LogP contribution is 2.22. The number of hydrogen-bond donors (Lipinski definition) is 1. The van der Waals surface area contributed by atoms with Crippen LogP contribution in [-0.2, 0) is 6.54 Å². The molecule has 1 aromatic carbocycles. The number of aromatic carboxylic acids is 1. The molecule has 0 aliphatic carbocycles. The minimum atomic E-state index is -1.16. The van der Waals surface area contributed by atoms with Gasteiger partial charge in [0.05, 0.1) is 6.54 Å². The molecule has 3 aromatic rings. The van der Waals surface area contributed by atoms with E-state index in [1.165, 1.54) is 16.8 Å². The first-order chi connectivity index (χ1) is 10.6. The first-order valence-corrected chi connectivity index (χ1v) is 6.47. The van der Waals surface area contributed by atoms with E-state index in [9.17, 15) is 14.3 Å². The van der Waals surface area contributed by atoms with Crippen molar-refractivity contribution in [2.75, 3.05) is 0 Å². The fourth-order valence-electron chi connectivity index (χ4n) is 2.13. The molecule has 6 nitrogen and oxygen atoms in total. The second-order valence-electron chi connectivity index (χ2n) is 4.61. The van der Waals surface area contributed by atoms with Gasteiger partial charge in [-0.1, -0.05) is 17.3 Å². The van der Waals surface area contributed by atoms with Crippen molar-refractivity contribution in [3.63, 3.8) is 0 Å². The summed E-state index contributed by atoms with van der Waals surface area (Å²) in [5.74, 6) is -1.49. The van der Waals surface area contributed by atoms with E-state index in [-0.39, 0.29) is 18.1 Å². The van der Waals surface area contributed by atoms with Crippen molar-refractivity contribution in [2.45, 2.75) is 6.54 Å². The zero-order valence-electron chi connectivity index (χ0n) is 11.3. The Labute approximate surface area is 124 Å². The molecular weight excluding hydrogens is 287 g/mol. The zero-order valence-corrected chi connectivity index (χ0v) is 11.3. The third-order valence-electron chi connectivity index (χ3n) is 3.14. The van der Waals surface area contributed by atoms with Crippen LogP contribution in [0.25, 0.3) is 11.3 Å². The lowest BCUT2D eigenvalue weighted by atomic mass is 10.1. The molecule has 3 rings (SSSR count). The Morgan fingerprint density at radius 3 is 2.45 bits per heavy atom. The summed E-state index contributed by atoms with van der Waals surface area (Å²) < 4.78 is 14.4. The van der Waals surface area contributed by atoms with Crippen LogP contribution in [0.5, 0.6) is 0 Å². The molecular formula is C15H11FN4O2. The highest BCUT2D eigenvalue weighted by atomic mass is 19.1. The van der Waals surface area contributed by atoms with Gasteiger partial charge in [0.1, 0.15) is 11.5 Å². The molecule has 22 heavy (non-hydrogen) atoms. The molecule has 0 spiro atoms. The first kappa shape index (κ1) is 13.9. The van der Waals surface area contributed by atoms with Crippen molar-refractivity contribution in [2.24, 2.45) is 0 Å². The third kappa shape index (κ3) is 2.69. The summed E-state index contributed by atoms with van der Waals surface area (Å²) in [5.41, 5.74) is 1.70. The molecule has 0 saturated heterocycles. The largest absolute Gasteiger partial charge is 0.476 e. The van der Waals surface area contributed by atoms with Crippen molar-refractivity contribution in [3.8, 4) is 11.3 Å². The molecule has 0 bridgehead atoms. The number of pyridine rings is 1. The van der Waals surface area contributed by atoms with Gasteiger partial charge in [0.25, 0.3) is 0 Å². The Morgan fingerprint density at radius 2 is 1.82 bits per heavy atom. The number of rotatable bonds is 4. The molecule has 1 N–H and O–H groups in total. The quantitative estimate of drug-likeness (QED) is 0.798. The molecule has 7 heteroatoms. The highest BCUT2D eigenvalue weighted by Gasteiger charge is 2.20. The molecule has 0 aliphatic rings. The van der Waals surface area contributed by atoms with Crippen LogP contribution < -0.4 is 0 Å². The van der Waals surface area contributed by atoms with E-state index >= 15 is 0 Å². The number of hydrogen-bond acceptors (Lipinski definition) is 4. The van der Waals surface area contributed by atoms with Crippen LogP contribution in [0.4, 0.5) is 4.39 Å². The van der Waals surface area contributed by atoms with Gasteiger partial charge in [-0.05, 0) is 29.8 Å². The van der Waals surface area contributed by atoms with Crippen molar-refractivity contribution in [1.82, 2.24) is 20.0 Å². The number of carboxylic acid groups (broad SMARTS) is 1. The van der Waals surface area contributed by atoms with Crippen LogP contribution >= 0.6 is 0 Å². The van der Waals surface area contributed by atoms with E-state index in [1.54, 1.807) is 36.7 Å². The molecule has 0 saturated carbocycles. The van der Waals surface area contributed by atoms with Crippen LogP contribution in [-0.4, -0.2) is 31.1 Å². The number of halogens is 1. The number of carbonyl (C=O) groups is 1. The van der Waals surface area contributed by atoms with Gasteiger partial charge in [0, 0.05) is 18.0 Å². The SMILES string of the molecule is O=C(O)c1nnn(Cc2ccc(F)cc2)c1-c1ccncc1. The summed E-state index contributed by atoms with van der Waals surface area (Å²) in [7, 11) is 0. The topological polar surface area (TPSA) is 80.9 Å². The van der Waals surface area contributed by atoms with Crippen molar-refractivity contribution >= 4 is 5.97 Å². The molecule has 110 valence electrons. The summed E-state index contributed by atoms with van der Waals surface area (Å²) in [6.07, 6.45) is 3.13. The fraction of sp³-hybridized carbons (Fsp3) is 0.0667. The lowest BCUT2D eigenvalue weighted by Gasteiger charge is -2.07. The normalized spacial score (nSPS) is 10.6. The van der Waals surface area contributed by atoms with Crippen molar-refractivity contribution in [1.29, 1.82) is 0 Å². The summed E-state index contributed by atoms with van der Waals surface area (Å²) >= 11 is 0. The number of carboxylic acids is 1.